The minimum Gasteiger partial charge on any atom is -0.463 e. The van der Waals surface area contributed by atoms with Crippen molar-refractivity contribution in [3.05, 3.63) is 83.4 Å². The molecule has 35 heavy (non-hydrogen) atoms. The normalized spacial score (nSPS) is 11.5. The molecule has 0 fully saturated rings. The Kier molecular flexibility index (Phi) is 5.86. The smallest absolute Gasteiger partial charge is 0.264 e. The molecule has 1 N–H and O–H groups in total. The number of pyridine rings is 1. The number of aryl methyl sites for hydroxylation is 2. The van der Waals surface area contributed by atoms with Crippen molar-refractivity contribution >= 4 is 22.8 Å². The van der Waals surface area contributed by atoms with Crippen molar-refractivity contribution < 1.29 is 18.0 Å². The van der Waals surface area contributed by atoms with Crippen molar-refractivity contribution in [2.75, 3.05) is 5.32 Å². The summed E-state index contributed by atoms with van der Waals surface area (Å²) < 4.78 is 36.1. The number of carbonyl (C=O) groups excluding carboxylic acids is 1. The number of halogens is 2. The van der Waals surface area contributed by atoms with Crippen LogP contribution in [0.5, 0.6) is 0 Å². The summed E-state index contributed by atoms with van der Waals surface area (Å²) in [5.74, 6) is 0.330. The maximum Gasteiger partial charge on any atom is 0.264 e. The minimum absolute atomic E-state index is 0.187. The van der Waals surface area contributed by atoms with Crippen molar-refractivity contribution in [1.82, 2.24) is 24.5 Å². The number of carbonyl (C=O) groups is 1. The van der Waals surface area contributed by atoms with Crippen LogP contribution in [0.15, 0.2) is 65.4 Å². The molecule has 0 radical (unpaired) electrons. The van der Waals surface area contributed by atoms with Crippen LogP contribution in [0.25, 0.3) is 22.5 Å². The predicted octanol–water partition coefficient (Wildman–Crippen LogP) is 5.13. The molecule has 10 heteroatoms. The molecule has 4 aromatic heterocycles. The van der Waals surface area contributed by atoms with Gasteiger partial charge in [-0.1, -0.05) is 24.3 Å². The van der Waals surface area contributed by atoms with Crippen molar-refractivity contribution in [3.8, 4) is 11.5 Å². The maximum absolute atomic E-state index is 13.9. The Morgan fingerprint density at radius 1 is 1.11 bits per heavy atom. The van der Waals surface area contributed by atoms with Crippen LogP contribution in [-0.2, 0) is 17.9 Å². The highest BCUT2D eigenvalue weighted by Gasteiger charge is 2.22. The molecule has 4 heterocycles. The summed E-state index contributed by atoms with van der Waals surface area (Å²) in [7, 11) is 0. The molecule has 0 saturated carbocycles. The lowest BCUT2D eigenvalue weighted by Crippen LogP contribution is -2.20. The molecule has 1 amide bonds. The number of aromatic nitrogens is 5. The van der Waals surface area contributed by atoms with Gasteiger partial charge in [-0.05, 0) is 43.2 Å². The van der Waals surface area contributed by atoms with Gasteiger partial charge < -0.3 is 9.73 Å². The summed E-state index contributed by atoms with van der Waals surface area (Å²) in [6.45, 7) is 4.00. The largest absolute Gasteiger partial charge is 0.463 e. The molecule has 0 atom stereocenters. The number of anilines is 1. The Labute approximate surface area is 199 Å². The Bertz CT molecular complexity index is 1500. The van der Waals surface area contributed by atoms with Gasteiger partial charge in [0.25, 0.3) is 6.43 Å². The number of rotatable bonds is 7. The highest BCUT2D eigenvalue weighted by atomic mass is 19.3. The van der Waals surface area contributed by atoms with E-state index in [0.29, 0.717) is 23.8 Å². The summed E-state index contributed by atoms with van der Waals surface area (Å²) in [5, 5.41) is 11.7. The molecule has 0 spiro atoms. The molecular weight excluding hydrogens is 454 g/mol. The number of alkyl halides is 2. The summed E-state index contributed by atoms with van der Waals surface area (Å²) in [5.41, 5.74) is 2.87. The van der Waals surface area contributed by atoms with Gasteiger partial charge in [-0.25, -0.2) is 18.4 Å². The van der Waals surface area contributed by atoms with Crippen molar-refractivity contribution in [1.29, 1.82) is 0 Å². The Morgan fingerprint density at radius 3 is 2.69 bits per heavy atom. The second kappa shape index (κ2) is 9.13. The fourth-order valence-electron chi connectivity index (χ4n) is 4.02. The first-order valence-electron chi connectivity index (χ1n) is 11.0. The van der Waals surface area contributed by atoms with Crippen molar-refractivity contribution in [3.63, 3.8) is 0 Å². The van der Waals surface area contributed by atoms with Crippen LogP contribution in [0.2, 0.25) is 0 Å². The highest BCUT2D eigenvalue weighted by Crippen LogP contribution is 2.33. The minimum atomic E-state index is -2.74. The number of nitrogens with one attached hydrogen (secondary N) is 1. The highest BCUT2D eigenvalue weighted by molar-refractivity contribution is 5.91. The van der Waals surface area contributed by atoms with Crippen molar-refractivity contribution in [2.45, 2.75) is 33.4 Å². The zero-order valence-corrected chi connectivity index (χ0v) is 19.1. The SMILES string of the molecule is Cc1ccccc1Cn1ccc(NC(=O)Cn2nc(C)c3c(C(F)F)cc(-c4ccco4)nc32)n1. The zero-order chi connectivity index (χ0) is 24.5. The fraction of sp³-hybridized carbons (Fsp3) is 0.200. The van der Waals surface area contributed by atoms with Crippen LogP contribution in [0, 0.1) is 13.8 Å². The molecule has 5 aromatic rings. The van der Waals surface area contributed by atoms with E-state index in [1.54, 1.807) is 36.0 Å². The molecule has 0 aliphatic heterocycles. The average molecular weight is 476 g/mol. The lowest BCUT2D eigenvalue weighted by molar-refractivity contribution is -0.116. The number of furan rings is 1. The first-order chi connectivity index (χ1) is 16.9. The fourth-order valence-corrected chi connectivity index (χ4v) is 4.02. The summed E-state index contributed by atoms with van der Waals surface area (Å²) >= 11 is 0. The predicted molar refractivity (Wildman–Crippen MR) is 126 cm³/mol. The van der Waals surface area contributed by atoms with Gasteiger partial charge in [-0.15, -0.1) is 0 Å². The standard InChI is InChI=1S/C25H22F2N6O2/c1-15-6-3-4-7-17(15)13-32-10-9-21(31-32)29-22(34)14-33-25-23(16(2)30-33)18(24(26)27)12-19(28-25)20-8-5-11-35-20/h3-12,24H,13-14H2,1-2H3,(H,29,31,34). The van der Waals surface area contributed by atoms with Gasteiger partial charge >= 0.3 is 0 Å². The number of fused-ring (bicyclic) bond motifs is 1. The van der Waals surface area contributed by atoms with E-state index < -0.39 is 12.3 Å². The van der Waals surface area contributed by atoms with Crippen LogP contribution in [0.4, 0.5) is 14.6 Å². The maximum atomic E-state index is 13.9. The second-order valence-electron chi connectivity index (χ2n) is 8.19. The Hall–Kier alpha value is -4.34. The molecule has 178 valence electrons. The van der Waals surface area contributed by atoms with Gasteiger partial charge in [0.05, 0.1) is 23.9 Å². The van der Waals surface area contributed by atoms with Crippen molar-refractivity contribution in [2.24, 2.45) is 0 Å². The summed E-state index contributed by atoms with van der Waals surface area (Å²) in [6.07, 6.45) is 0.482. The molecule has 1 aromatic carbocycles. The molecule has 8 nitrogen and oxygen atoms in total. The van der Waals surface area contributed by atoms with Gasteiger partial charge in [-0.2, -0.15) is 10.2 Å². The molecule has 0 aliphatic rings. The molecular formula is C25H22F2N6O2. The van der Waals surface area contributed by atoms with E-state index in [4.69, 9.17) is 4.42 Å². The van der Waals surface area contributed by atoms with Gasteiger partial charge in [0.1, 0.15) is 12.2 Å². The number of nitrogens with zero attached hydrogens (tertiary/aromatic N) is 5. The van der Waals surface area contributed by atoms with E-state index in [0.717, 1.165) is 11.1 Å². The third-order valence-electron chi connectivity index (χ3n) is 5.71. The number of amides is 1. The van der Waals surface area contributed by atoms with Gasteiger partial charge in [0, 0.05) is 17.8 Å². The molecule has 0 bridgehead atoms. The molecule has 0 unspecified atom stereocenters. The van der Waals surface area contributed by atoms with Crippen LogP contribution >= 0.6 is 0 Å². The van der Waals surface area contributed by atoms with Gasteiger partial charge in [0.2, 0.25) is 5.91 Å². The number of hydrogen-bond acceptors (Lipinski definition) is 5. The molecule has 0 saturated heterocycles. The van der Waals surface area contributed by atoms with Crippen LogP contribution in [-0.4, -0.2) is 30.5 Å². The lowest BCUT2D eigenvalue weighted by atomic mass is 10.1. The van der Waals surface area contributed by atoms with Crippen LogP contribution in [0.1, 0.15) is 28.8 Å². The van der Waals surface area contributed by atoms with E-state index in [-0.39, 0.29) is 28.8 Å². The Morgan fingerprint density at radius 2 is 1.94 bits per heavy atom. The van der Waals surface area contributed by atoms with Crippen LogP contribution < -0.4 is 5.32 Å². The first kappa shape index (κ1) is 22.5. The second-order valence-corrected chi connectivity index (χ2v) is 8.19. The van der Waals surface area contributed by atoms with E-state index in [2.05, 4.69) is 20.5 Å². The summed E-state index contributed by atoms with van der Waals surface area (Å²) in [6, 6.07) is 14.3. The first-order valence-corrected chi connectivity index (χ1v) is 11.0. The van der Waals surface area contributed by atoms with E-state index in [1.165, 1.54) is 17.0 Å². The lowest BCUT2D eigenvalue weighted by Gasteiger charge is -2.08. The number of benzene rings is 1. The number of hydrogen-bond donors (Lipinski definition) is 1. The molecule has 0 aliphatic carbocycles. The quantitative estimate of drug-likeness (QED) is 0.352. The molecule has 5 rings (SSSR count). The third kappa shape index (κ3) is 4.54. The average Bonchev–Trinajstić information content (AvgIpc) is 3.57. The van der Waals surface area contributed by atoms with E-state index in [1.807, 2.05) is 31.2 Å². The third-order valence-corrected chi connectivity index (χ3v) is 5.71. The van der Waals surface area contributed by atoms with Crippen LogP contribution in [0.3, 0.4) is 0 Å². The summed E-state index contributed by atoms with van der Waals surface area (Å²) in [4.78, 5) is 17.2. The topological polar surface area (TPSA) is 90.8 Å². The van der Waals surface area contributed by atoms with E-state index in [9.17, 15) is 13.6 Å². The monoisotopic (exact) mass is 476 g/mol. The van der Waals surface area contributed by atoms with Gasteiger partial charge in [-0.3, -0.25) is 9.48 Å². The Balaban J connectivity index is 1.38. The zero-order valence-electron chi connectivity index (χ0n) is 19.1. The van der Waals surface area contributed by atoms with Gasteiger partial charge in [0.15, 0.2) is 17.2 Å². The van der Waals surface area contributed by atoms with E-state index >= 15 is 0 Å².